The van der Waals surface area contributed by atoms with Gasteiger partial charge in [-0.05, 0) is 101 Å². The summed E-state index contributed by atoms with van der Waals surface area (Å²) in [6.07, 6.45) is 13.5. The van der Waals surface area contributed by atoms with Crippen molar-refractivity contribution in [2.24, 2.45) is 28.6 Å². The molecule has 0 bridgehead atoms. The fraction of sp³-hybridized carbons (Fsp3) is 0.595. The summed E-state index contributed by atoms with van der Waals surface area (Å²) in [6.45, 7) is 12.2. The minimum absolute atomic E-state index is 0.0411. The average molecular weight is 605 g/mol. The van der Waals surface area contributed by atoms with E-state index in [1.54, 1.807) is 6.92 Å². The van der Waals surface area contributed by atoms with Crippen LogP contribution in [0, 0.1) is 35.5 Å². The van der Waals surface area contributed by atoms with Crippen molar-refractivity contribution in [2.75, 3.05) is 0 Å². The minimum atomic E-state index is -0.310. The van der Waals surface area contributed by atoms with Gasteiger partial charge in [-0.25, -0.2) is 0 Å². The third-order valence-corrected chi connectivity index (χ3v) is 11.3. The number of carbonyl (C=O) groups is 2. The molecule has 7 heteroatoms. The first-order valence-electron chi connectivity index (χ1n) is 16.3. The number of fused-ring (bicyclic) bond motifs is 6. The molecule has 0 spiro atoms. The summed E-state index contributed by atoms with van der Waals surface area (Å²) in [6, 6.07) is 2.70. The molecule has 238 valence electrons. The van der Waals surface area contributed by atoms with E-state index in [4.69, 9.17) is 9.15 Å². The predicted molar refractivity (Wildman–Crippen MR) is 171 cm³/mol. The molecule has 3 fully saturated rings. The lowest BCUT2D eigenvalue weighted by molar-refractivity contribution is -0.159. The van der Waals surface area contributed by atoms with Crippen LogP contribution in [0.25, 0.3) is 11.0 Å². The number of hydrogen-bond donors (Lipinski definition) is 2. The van der Waals surface area contributed by atoms with Crippen LogP contribution >= 0.6 is 0 Å². The molecule has 6 rings (SSSR count). The first-order chi connectivity index (χ1) is 20.8. The van der Waals surface area contributed by atoms with Crippen LogP contribution in [0.4, 0.5) is 0 Å². The van der Waals surface area contributed by atoms with Crippen LogP contribution in [-0.2, 0) is 20.7 Å². The molecule has 2 N–H and O–H groups in total. The highest BCUT2D eigenvalue weighted by molar-refractivity contribution is 5.91. The zero-order valence-corrected chi connectivity index (χ0v) is 27.1. The van der Waals surface area contributed by atoms with Crippen molar-refractivity contribution in [2.45, 2.75) is 112 Å². The fourth-order valence-corrected chi connectivity index (χ4v) is 8.90. The SMILES string of the molecule is CC(C)=CCc1c(O)cc2oc(C)cc(=O)c2c1O.CCC(=O)OC1CCC2C3CCC4=CC(=O)CCC4(C)C3CCC12C. The monoisotopic (exact) mass is 604 g/mol. The molecule has 1 aromatic carbocycles. The maximum atomic E-state index is 11.9. The number of aryl methyl sites for hydroxylation is 1. The summed E-state index contributed by atoms with van der Waals surface area (Å²) in [5.41, 5.74) is 3.11. The molecule has 44 heavy (non-hydrogen) atoms. The standard InChI is InChI=1S/C22H32O3.C15H16O4/c1-4-20(24)25-19-8-7-17-16-6-5-14-13-15(23)9-11-21(14,2)18(16)10-12-22(17,19)3;1-8(2)4-5-10-11(16)7-13-14(15(10)18)12(17)6-9(3)19-13/h13,16-19H,4-12H2,1-3H3;4,6-7,16,18H,5H2,1-3H3. The lowest BCUT2D eigenvalue weighted by Gasteiger charge is -2.57. The smallest absolute Gasteiger partial charge is 0.305 e. The second-order valence-corrected chi connectivity index (χ2v) is 14.2. The number of rotatable bonds is 4. The molecule has 0 radical (unpaired) electrons. The summed E-state index contributed by atoms with van der Waals surface area (Å²) < 4.78 is 11.2. The first kappa shape index (κ1) is 32.1. The number of carbonyl (C=O) groups excluding carboxylic acids is 2. The van der Waals surface area contributed by atoms with Crippen molar-refractivity contribution in [3.8, 4) is 11.5 Å². The maximum absolute atomic E-state index is 11.9. The molecule has 6 atom stereocenters. The van der Waals surface area contributed by atoms with Gasteiger partial charge in [0.15, 0.2) is 11.2 Å². The van der Waals surface area contributed by atoms with Crippen LogP contribution in [0.2, 0.25) is 0 Å². The predicted octanol–water partition coefficient (Wildman–Crippen LogP) is 7.86. The van der Waals surface area contributed by atoms with Crippen molar-refractivity contribution in [1.82, 2.24) is 0 Å². The van der Waals surface area contributed by atoms with E-state index in [0.29, 0.717) is 41.8 Å². The van der Waals surface area contributed by atoms with Gasteiger partial charge in [0.25, 0.3) is 0 Å². The number of hydrogen-bond acceptors (Lipinski definition) is 7. The van der Waals surface area contributed by atoms with Crippen LogP contribution < -0.4 is 5.43 Å². The summed E-state index contributed by atoms with van der Waals surface area (Å²) in [5, 5.41) is 20.2. The van der Waals surface area contributed by atoms with E-state index in [1.807, 2.05) is 32.9 Å². The number of phenols is 2. The normalized spacial score (nSPS) is 30.7. The van der Waals surface area contributed by atoms with Gasteiger partial charge in [0.2, 0.25) is 0 Å². The number of allylic oxidation sites excluding steroid dienone is 3. The molecular formula is C37H48O7. The van der Waals surface area contributed by atoms with Crippen molar-refractivity contribution in [3.05, 3.63) is 57.0 Å². The molecule has 0 saturated heterocycles. The van der Waals surface area contributed by atoms with E-state index in [2.05, 4.69) is 13.8 Å². The lowest BCUT2D eigenvalue weighted by atomic mass is 9.47. The van der Waals surface area contributed by atoms with Gasteiger partial charge < -0.3 is 19.4 Å². The van der Waals surface area contributed by atoms with Crippen LogP contribution in [0.3, 0.4) is 0 Å². The molecule has 1 heterocycles. The molecule has 2 aromatic rings. The molecule has 7 nitrogen and oxygen atoms in total. The van der Waals surface area contributed by atoms with Gasteiger partial charge in [0, 0.05) is 36.0 Å². The Kier molecular flexibility index (Phi) is 8.90. The third-order valence-electron chi connectivity index (χ3n) is 11.3. The van der Waals surface area contributed by atoms with E-state index in [-0.39, 0.29) is 50.8 Å². The van der Waals surface area contributed by atoms with Crippen molar-refractivity contribution in [1.29, 1.82) is 0 Å². The second-order valence-electron chi connectivity index (χ2n) is 14.2. The summed E-state index contributed by atoms with van der Waals surface area (Å²) in [7, 11) is 0. The Bertz CT molecular complexity index is 1570. The summed E-state index contributed by atoms with van der Waals surface area (Å²) >= 11 is 0. The van der Waals surface area contributed by atoms with E-state index in [9.17, 15) is 24.6 Å². The molecule has 3 saturated carbocycles. The molecular weight excluding hydrogens is 556 g/mol. The Morgan fingerprint density at radius 3 is 2.50 bits per heavy atom. The van der Waals surface area contributed by atoms with Gasteiger partial charge >= 0.3 is 5.97 Å². The molecule has 1 aromatic heterocycles. The van der Waals surface area contributed by atoms with Gasteiger partial charge in [-0.3, -0.25) is 14.4 Å². The third kappa shape index (κ3) is 5.75. The number of esters is 1. The zero-order valence-electron chi connectivity index (χ0n) is 27.1. The highest BCUT2D eigenvalue weighted by Crippen LogP contribution is 2.65. The van der Waals surface area contributed by atoms with Crippen molar-refractivity contribution in [3.63, 3.8) is 0 Å². The average Bonchev–Trinajstić information content (AvgIpc) is 3.28. The van der Waals surface area contributed by atoms with E-state index in [1.165, 1.54) is 37.0 Å². The van der Waals surface area contributed by atoms with Crippen LogP contribution in [0.5, 0.6) is 11.5 Å². The van der Waals surface area contributed by atoms with Gasteiger partial charge in [-0.15, -0.1) is 0 Å². The van der Waals surface area contributed by atoms with E-state index < -0.39 is 0 Å². The Labute approximate surface area is 260 Å². The molecule has 0 aliphatic heterocycles. The van der Waals surface area contributed by atoms with Crippen LogP contribution in [0.15, 0.2) is 44.6 Å². The van der Waals surface area contributed by atoms with E-state index >= 15 is 0 Å². The maximum Gasteiger partial charge on any atom is 0.305 e. The molecule has 6 unspecified atom stereocenters. The molecule has 0 amide bonds. The van der Waals surface area contributed by atoms with Gasteiger partial charge in [-0.1, -0.05) is 38.0 Å². The minimum Gasteiger partial charge on any atom is -0.507 e. The number of aromatic hydroxyl groups is 2. The Morgan fingerprint density at radius 1 is 1.05 bits per heavy atom. The first-order valence-corrected chi connectivity index (χ1v) is 16.3. The highest BCUT2D eigenvalue weighted by atomic mass is 16.5. The number of benzene rings is 1. The van der Waals surface area contributed by atoms with Gasteiger partial charge in [0.1, 0.15) is 34.3 Å². The topological polar surface area (TPSA) is 114 Å². The van der Waals surface area contributed by atoms with Crippen LogP contribution in [-0.4, -0.2) is 28.1 Å². The number of ketones is 1. The fourth-order valence-electron chi connectivity index (χ4n) is 8.90. The van der Waals surface area contributed by atoms with Crippen molar-refractivity contribution < 1.29 is 29.0 Å². The Hall–Kier alpha value is -3.35. The van der Waals surface area contributed by atoms with Gasteiger partial charge in [0.05, 0.1) is 0 Å². The Morgan fingerprint density at radius 2 is 1.80 bits per heavy atom. The van der Waals surface area contributed by atoms with Gasteiger partial charge in [-0.2, -0.15) is 0 Å². The lowest BCUT2D eigenvalue weighted by Crippen LogP contribution is -2.51. The van der Waals surface area contributed by atoms with Crippen LogP contribution in [0.1, 0.15) is 104 Å². The number of ether oxygens (including phenoxy) is 1. The number of phenolic OH excluding ortho intramolecular Hbond substituents is 2. The highest BCUT2D eigenvalue weighted by Gasteiger charge is 2.59. The largest absolute Gasteiger partial charge is 0.507 e. The van der Waals surface area contributed by atoms with Crippen molar-refractivity contribution >= 4 is 22.7 Å². The summed E-state index contributed by atoms with van der Waals surface area (Å²) in [4.78, 5) is 35.7. The molecule has 4 aliphatic carbocycles. The Balaban J connectivity index is 0.000000182. The van der Waals surface area contributed by atoms with E-state index in [0.717, 1.165) is 43.6 Å². The summed E-state index contributed by atoms with van der Waals surface area (Å²) in [5.74, 6) is 2.57. The quantitative estimate of drug-likeness (QED) is 0.270. The zero-order chi connectivity index (χ0) is 32.0. The molecule has 4 aliphatic rings. The second kappa shape index (κ2) is 12.2.